The molecule has 6 heteroatoms. The van der Waals surface area contributed by atoms with Gasteiger partial charge in [0, 0.05) is 25.0 Å². The first-order valence-electron chi connectivity index (χ1n) is 12.2. The maximum atomic E-state index is 13.6. The van der Waals surface area contributed by atoms with Crippen LogP contribution in [0.2, 0.25) is 0 Å². The van der Waals surface area contributed by atoms with Crippen molar-refractivity contribution in [1.82, 2.24) is 14.9 Å². The molecule has 0 unspecified atom stereocenters. The molecule has 1 saturated heterocycles. The second-order valence-corrected chi connectivity index (χ2v) is 9.55. The molecule has 1 aliphatic carbocycles. The van der Waals surface area contributed by atoms with Crippen molar-refractivity contribution in [2.75, 3.05) is 18.0 Å². The SMILES string of the molecule is Cc1ccc(Cn2c(=O)c(N3CCC(C(=O)NC4CCCC4)CC3)nc3ccccc32)cc1. The monoisotopic (exact) mass is 444 g/mol. The van der Waals surface area contributed by atoms with Gasteiger partial charge >= 0.3 is 0 Å². The second kappa shape index (κ2) is 9.38. The molecule has 5 rings (SSSR count). The van der Waals surface area contributed by atoms with E-state index in [2.05, 4.69) is 41.4 Å². The van der Waals surface area contributed by atoms with Gasteiger partial charge in [-0.2, -0.15) is 0 Å². The van der Waals surface area contributed by atoms with E-state index in [0.29, 0.717) is 31.5 Å². The van der Waals surface area contributed by atoms with Crippen molar-refractivity contribution in [2.45, 2.75) is 58.0 Å². The van der Waals surface area contributed by atoms with Crippen LogP contribution in [0, 0.1) is 12.8 Å². The summed E-state index contributed by atoms with van der Waals surface area (Å²) in [7, 11) is 0. The van der Waals surface area contributed by atoms with Crippen molar-refractivity contribution in [1.29, 1.82) is 0 Å². The number of piperidine rings is 1. The summed E-state index contributed by atoms with van der Waals surface area (Å²) in [6, 6.07) is 16.5. The molecule has 2 fully saturated rings. The number of para-hydroxylation sites is 2. The fourth-order valence-corrected chi connectivity index (χ4v) is 5.16. The lowest BCUT2D eigenvalue weighted by Gasteiger charge is -2.32. The highest BCUT2D eigenvalue weighted by atomic mass is 16.2. The Bertz CT molecular complexity index is 1190. The Morgan fingerprint density at radius 2 is 1.70 bits per heavy atom. The van der Waals surface area contributed by atoms with Crippen molar-refractivity contribution in [3.8, 4) is 0 Å². The number of aromatic nitrogens is 2. The highest BCUT2D eigenvalue weighted by Crippen LogP contribution is 2.24. The third-order valence-corrected chi connectivity index (χ3v) is 7.16. The molecule has 0 radical (unpaired) electrons. The molecule has 1 aromatic heterocycles. The predicted octanol–water partition coefficient (Wildman–Crippen LogP) is 4.03. The summed E-state index contributed by atoms with van der Waals surface area (Å²) in [6.45, 7) is 3.92. The van der Waals surface area contributed by atoms with Gasteiger partial charge in [0.2, 0.25) is 5.91 Å². The summed E-state index contributed by atoms with van der Waals surface area (Å²) in [6.07, 6.45) is 6.14. The van der Waals surface area contributed by atoms with Gasteiger partial charge in [0.05, 0.1) is 17.6 Å². The fraction of sp³-hybridized carbons (Fsp3) is 0.444. The zero-order chi connectivity index (χ0) is 22.8. The Morgan fingerprint density at radius 3 is 2.42 bits per heavy atom. The van der Waals surface area contributed by atoms with E-state index in [-0.39, 0.29) is 17.4 Å². The third-order valence-electron chi connectivity index (χ3n) is 7.16. The highest BCUT2D eigenvalue weighted by Gasteiger charge is 2.29. The summed E-state index contributed by atoms with van der Waals surface area (Å²) in [5.41, 5.74) is 3.89. The number of hydrogen-bond acceptors (Lipinski definition) is 4. The molecule has 172 valence electrons. The number of hydrogen-bond donors (Lipinski definition) is 1. The lowest BCUT2D eigenvalue weighted by atomic mass is 9.95. The van der Waals surface area contributed by atoms with Crippen LogP contribution in [0.15, 0.2) is 53.3 Å². The number of amides is 1. The number of nitrogens with one attached hydrogen (secondary N) is 1. The number of aryl methyl sites for hydroxylation is 1. The summed E-state index contributed by atoms with van der Waals surface area (Å²) in [4.78, 5) is 33.1. The molecule has 0 spiro atoms. The lowest BCUT2D eigenvalue weighted by Crippen LogP contribution is -2.45. The molecule has 1 N–H and O–H groups in total. The number of carbonyl (C=O) groups is 1. The lowest BCUT2D eigenvalue weighted by molar-refractivity contribution is -0.126. The van der Waals surface area contributed by atoms with Crippen molar-refractivity contribution >= 4 is 22.8 Å². The van der Waals surface area contributed by atoms with Crippen LogP contribution >= 0.6 is 0 Å². The molecule has 0 atom stereocenters. The van der Waals surface area contributed by atoms with Crippen LogP contribution in [0.5, 0.6) is 0 Å². The van der Waals surface area contributed by atoms with Crippen LogP contribution < -0.4 is 15.8 Å². The molecule has 6 nitrogen and oxygen atoms in total. The number of fused-ring (bicyclic) bond motifs is 1. The van der Waals surface area contributed by atoms with Gasteiger partial charge in [-0.1, -0.05) is 54.8 Å². The van der Waals surface area contributed by atoms with E-state index in [4.69, 9.17) is 4.98 Å². The molecule has 1 aliphatic heterocycles. The van der Waals surface area contributed by atoms with Gasteiger partial charge in [0.15, 0.2) is 5.82 Å². The minimum Gasteiger partial charge on any atom is -0.353 e. The van der Waals surface area contributed by atoms with Gasteiger partial charge in [-0.25, -0.2) is 4.98 Å². The Morgan fingerprint density at radius 1 is 1.00 bits per heavy atom. The summed E-state index contributed by atoms with van der Waals surface area (Å²) in [5, 5.41) is 3.24. The molecular formula is C27H32N4O2. The number of carbonyl (C=O) groups excluding carboxylic acids is 1. The molecule has 1 saturated carbocycles. The Hall–Kier alpha value is -3.15. The Kier molecular flexibility index (Phi) is 6.16. The largest absolute Gasteiger partial charge is 0.353 e. The topological polar surface area (TPSA) is 67.2 Å². The molecule has 2 aliphatic rings. The number of anilines is 1. The van der Waals surface area contributed by atoms with Gasteiger partial charge in [-0.15, -0.1) is 0 Å². The minimum absolute atomic E-state index is 0.0251. The zero-order valence-corrected chi connectivity index (χ0v) is 19.3. The van der Waals surface area contributed by atoms with Crippen LogP contribution in [-0.4, -0.2) is 34.6 Å². The molecule has 0 bridgehead atoms. The number of benzene rings is 2. The fourth-order valence-electron chi connectivity index (χ4n) is 5.16. The van der Waals surface area contributed by atoms with E-state index in [9.17, 15) is 9.59 Å². The minimum atomic E-state index is -0.0665. The summed E-state index contributed by atoms with van der Waals surface area (Å²) in [5.74, 6) is 0.706. The molecule has 33 heavy (non-hydrogen) atoms. The second-order valence-electron chi connectivity index (χ2n) is 9.55. The van der Waals surface area contributed by atoms with Crippen molar-refractivity contribution in [2.24, 2.45) is 5.92 Å². The van der Waals surface area contributed by atoms with Crippen LogP contribution in [0.1, 0.15) is 49.7 Å². The first kappa shape index (κ1) is 21.7. The van der Waals surface area contributed by atoms with Gasteiger partial charge in [-0.05, 0) is 50.3 Å². The van der Waals surface area contributed by atoms with E-state index in [1.54, 1.807) is 0 Å². The molecule has 3 aromatic rings. The van der Waals surface area contributed by atoms with Gasteiger partial charge in [-0.3, -0.25) is 14.2 Å². The summed E-state index contributed by atoms with van der Waals surface area (Å²) < 4.78 is 1.83. The number of nitrogens with zero attached hydrogens (tertiary/aromatic N) is 3. The number of rotatable bonds is 5. The molecule has 1 amide bonds. The average Bonchev–Trinajstić information content (AvgIpc) is 3.35. The molecule has 2 aromatic carbocycles. The smallest absolute Gasteiger partial charge is 0.294 e. The Labute approximate surface area is 194 Å². The van der Waals surface area contributed by atoms with Crippen LogP contribution in [0.25, 0.3) is 11.0 Å². The average molecular weight is 445 g/mol. The van der Waals surface area contributed by atoms with E-state index >= 15 is 0 Å². The maximum Gasteiger partial charge on any atom is 0.294 e. The van der Waals surface area contributed by atoms with Crippen molar-refractivity contribution < 1.29 is 4.79 Å². The zero-order valence-electron chi connectivity index (χ0n) is 19.3. The van der Waals surface area contributed by atoms with E-state index in [0.717, 1.165) is 42.3 Å². The van der Waals surface area contributed by atoms with Crippen LogP contribution in [0.3, 0.4) is 0 Å². The van der Waals surface area contributed by atoms with Gasteiger partial charge < -0.3 is 10.2 Å². The van der Waals surface area contributed by atoms with E-state index in [1.807, 2.05) is 28.8 Å². The van der Waals surface area contributed by atoms with Crippen molar-refractivity contribution in [3.05, 3.63) is 70.0 Å². The predicted molar refractivity (Wildman–Crippen MR) is 132 cm³/mol. The van der Waals surface area contributed by atoms with E-state index < -0.39 is 0 Å². The van der Waals surface area contributed by atoms with Crippen LogP contribution in [0.4, 0.5) is 5.82 Å². The Balaban J connectivity index is 1.37. The quantitative estimate of drug-likeness (QED) is 0.645. The van der Waals surface area contributed by atoms with Gasteiger partial charge in [0.1, 0.15) is 0 Å². The van der Waals surface area contributed by atoms with Gasteiger partial charge in [0.25, 0.3) is 5.56 Å². The molecular weight excluding hydrogens is 412 g/mol. The first-order chi connectivity index (χ1) is 16.1. The first-order valence-corrected chi connectivity index (χ1v) is 12.2. The maximum absolute atomic E-state index is 13.6. The van der Waals surface area contributed by atoms with Crippen molar-refractivity contribution in [3.63, 3.8) is 0 Å². The normalized spacial score (nSPS) is 17.5. The summed E-state index contributed by atoms with van der Waals surface area (Å²) >= 11 is 0. The van der Waals surface area contributed by atoms with E-state index in [1.165, 1.54) is 18.4 Å². The standard InChI is InChI=1S/C27H32N4O2/c1-19-10-12-20(13-11-19)18-31-24-9-5-4-8-23(24)29-25(27(31)33)30-16-14-21(15-17-30)26(32)28-22-6-2-3-7-22/h4-5,8-13,21-22H,2-3,6-7,14-18H2,1H3,(H,28,32). The van der Waals surface area contributed by atoms with Crippen LogP contribution in [-0.2, 0) is 11.3 Å². The third kappa shape index (κ3) is 4.65. The molecule has 2 heterocycles. The highest BCUT2D eigenvalue weighted by molar-refractivity contribution is 5.79.